The number of hydrogen-bond donors (Lipinski definition) is 0. The Kier molecular flexibility index (Phi) is 4.54. The van der Waals surface area contributed by atoms with E-state index in [1.165, 1.54) is 0 Å². The molecule has 2 heterocycles. The summed E-state index contributed by atoms with van der Waals surface area (Å²) in [5.41, 5.74) is 0. The maximum absolute atomic E-state index is 12.2. The zero-order valence-electron chi connectivity index (χ0n) is 11.6. The molecular weight excluding hydrogens is 242 g/mol. The molecule has 0 bridgehead atoms. The van der Waals surface area contributed by atoms with Gasteiger partial charge in [0.05, 0.1) is 0 Å². The fourth-order valence-electron chi connectivity index (χ4n) is 2.25. The molecule has 0 saturated carbocycles. The second kappa shape index (κ2) is 6.36. The van der Waals surface area contributed by atoms with Crippen LogP contribution >= 0.6 is 0 Å². The Balaban J connectivity index is 1.91. The lowest BCUT2D eigenvalue weighted by Crippen LogP contribution is -2.53. The molecule has 2 amide bonds. The van der Waals surface area contributed by atoms with Crippen LogP contribution in [-0.2, 0) is 0 Å². The van der Waals surface area contributed by atoms with E-state index in [1.54, 1.807) is 12.4 Å². The zero-order chi connectivity index (χ0) is 13.7. The summed E-state index contributed by atoms with van der Waals surface area (Å²) in [7, 11) is 0. The van der Waals surface area contributed by atoms with Gasteiger partial charge in [-0.25, -0.2) is 14.8 Å². The zero-order valence-corrected chi connectivity index (χ0v) is 11.6. The molecule has 0 atom stereocenters. The van der Waals surface area contributed by atoms with Gasteiger partial charge < -0.3 is 14.7 Å². The Morgan fingerprint density at radius 2 is 1.74 bits per heavy atom. The van der Waals surface area contributed by atoms with Gasteiger partial charge >= 0.3 is 6.03 Å². The molecule has 1 saturated heterocycles. The van der Waals surface area contributed by atoms with Crippen LogP contribution in [0.4, 0.5) is 10.7 Å². The molecule has 0 radical (unpaired) electrons. The molecule has 6 nitrogen and oxygen atoms in total. The first-order valence-electron chi connectivity index (χ1n) is 6.82. The highest BCUT2D eigenvalue weighted by Gasteiger charge is 2.24. The molecule has 0 spiro atoms. The van der Waals surface area contributed by atoms with E-state index in [0.717, 1.165) is 45.2 Å². The van der Waals surface area contributed by atoms with Crippen molar-refractivity contribution in [1.29, 1.82) is 0 Å². The molecule has 19 heavy (non-hydrogen) atoms. The molecule has 0 aromatic carbocycles. The van der Waals surface area contributed by atoms with Gasteiger partial charge in [-0.15, -0.1) is 0 Å². The first-order valence-corrected chi connectivity index (χ1v) is 6.82. The summed E-state index contributed by atoms with van der Waals surface area (Å²) in [4.78, 5) is 26.6. The summed E-state index contributed by atoms with van der Waals surface area (Å²) in [5.74, 6) is 0.748. The Labute approximate surface area is 114 Å². The van der Waals surface area contributed by atoms with Gasteiger partial charge in [-0.05, 0) is 19.9 Å². The highest BCUT2D eigenvalue weighted by atomic mass is 16.2. The smallest absolute Gasteiger partial charge is 0.320 e. The third-order valence-corrected chi connectivity index (χ3v) is 3.42. The number of urea groups is 1. The largest absolute Gasteiger partial charge is 0.337 e. The lowest BCUT2D eigenvalue weighted by Gasteiger charge is -2.37. The molecule has 6 heteroatoms. The SMILES string of the molecule is CCN(CC)C(=O)N1CCN(c2ncccn2)CC1. The molecule has 2 rings (SSSR count). The predicted octanol–water partition coefficient (Wildman–Crippen LogP) is 1.06. The van der Waals surface area contributed by atoms with Crippen LogP contribution in [0.3, 0.4) is 0 Å². The first-order chi connectivity index (χ1) is 9.26. The molecule has 1 fully saturated rings. The minimum Gasteiger partial charge on any atom is -0.337 e. The third kappa shape index (κ3) is 3.13. The minimum absolute atomic E-state index is 0.138. The Bertz CT molecular complexity index is 399. The van der Waals surface area contributed by atoms with Crippen molar-refractivity contribution < 1.29 is 4.79 Å². The molecule has 0 N–H and O–H groups in total. The predicted molar refractivity (Wildman–Crippen MR) is 74.1 cm³/mol. The molecule has 0 unspecified atom stereocenters. The summed E-state index contributed by atoms with van der Waals surface area (Å²) >= 11 is 0. The number of carbonyl (C=O) groups is 1. The van der Waals surface area contributed by atoms with Crippen molar-refractivity contribution in [1.82, 2.24) is 19.8 Å². The first kappa shape index (κ1) is 13.6. The van der Waals surface area contributed by atoms with Crippen LogP contribution in [0, 0.1) is 0 Å². The molecular formula is C13H21N5O. The fraction of sp³-hybridized carbons (Fsp3) is 0.615. The normalized spacial score (nSPS) is 15.5. The number of rotatable bonds is 3. The van der Waals surface area contributed by atoms with E-state index >= 15 is 0 Å². The highest BCUT2D eigenvalue weighted by molar-refractivity contribution is 5.74. The van der Waals surface area contributed by atoms with E-state index < -0.39 is 0 Å². The summed E-state index contributed by atoms with van der Waals surface area (Å²) in [6, 6.07) is 1.95. The van der Waals surface area contributed by atoms with E-state index in [4.69, 9.17) is 0 Å². The highest BCUT2D eigenvalue weighted by Crippen LogP contribution is 2.11. The number of aromatic nitrogens is 2. The van der Waals surface area contributed by atoms with Gasteiger partial charge in [0.15, 0.2) is 0 Å². The number of piperazine rings is 1. The number of anilines is 1. The van der Waals surface area contributed by atoms with Gasteiger partial charge in [0, 0.05) is 51.7 Å². The van der Waals surface area contributed by atoms with Crippen LogP contribution in [-0.4, -0.2) is 65.1 Å². The Morgan fingerprint density at radius 3 is 2.26 bits per heavy atom. The molecule has 1 aliphatic rings. The van der Waals surface area contributed by atoms with Crippen molar-refractivity contribution in [2.45, 2.75) is 13.8 Å². The van der Waals surface area contributed by atoms with Crippen molar-refractivity contribution in [2.75, 3.05) is 44.2 Å². The number of amides is 2. The van der Waals surface area contributed by atoms with Gasteiger partial charge in [-0.2, -0.15) is 0 Å². The average Bonchev–Trinajstić information content (AvgIpc) is 2.49. The molecule has 104 valence electrons. The molecule has 0 aliphatic carbocycles. The van der Waals surface area contributed by atoms with Crippen molar-refractivity contribution in [3.63, 3.8) is 0 Å². The standard InChI is InChI=1S/C13H21N5O/c1-3-16(4-2)13(19)18-10-8-17(9-11-18)12-14-6-5-7-15-12/h5-7H,3-4,8-11H2,1-2H3. The van der Waals surface area contributed by atoms with E-state index in [2.05, 4.69) is 14.9 Å². The van der Waals surface area contributed by atoms with E-state index in [9.17, 15) is 4.79 Å². The average molecular weight is 263 g/mol. The van der Waals surface area contributed by atoms with Gasteiger partial charge in [0.25, 0.3) is 0 Å². The van der Waals surface area contributed by atoms with E-state index in [1.807, 2.05) is 29.7 Å². The van der Waals surface area contributed by atoms with E-state index in [0.29, 0.717) is 0 Å². The van der Waals surface area contributed by atoms with Crippen LogP contribution in [0.2, 0.25) is 0 Å². The summed E-state index contributed by atoms with van der Waals surface area (Å²) in [6.45, 7) is 8.58. The van der Waals surface area contributed by atoms with Crippen molar-refractivity contribution in [3.05, 3.63) is 18.5 Å². The fourth-order valence-corrected chi connectivity index (χ4v) is 2.25. The second-order valence-corrected chi connectivity index (χ2v) is 4.48. The number of carbonyl (C=O) groups excluding carboxylic acids is 1. The third-order valence-electron chi connectivity index (χ3n) is 3.42. The lowest BCUT2D eigenvalue weighted by atomic mass is 10.3. The van der Waals surface area contributed by atoms with Crippen LogP contribution in [0.5, 0.6) is 0 Å². The Morgan fingerprint density at radius 1 is 1.16 bits per heavy atom. The molecule has 1 aromatic heterocycles. The topological polar surface area (TPSA) is 52.6 Å². The van der Waals surface area contributed by atoms with Crippen LogP contribution < -0.4 is 4.90 Å². The second-order valence-electron chi connectivity index (χ2n) is 4.48. The van der Waals surface area contributed by atoms with Crippen molar-refractivity contribution in [2.24, 2.45) is 0 Å². The van der Waals surface area contributed by atoms with Crippen LogP contribution in [0.1, 0.15) is 13.8 Å². The summed E-state index contributed by atoms with van der Waals surface area (Å²) in [6.07, 6.45) is 3.49. The maximum Gasteiger partial charge on any atom is 0.320 e. The maximum atomic E-state index is 12.2. The Hall–Kier alpha value is -1.85. The quantitative estimate of drug-likeness (QED) is 0.818. The monoisotopic (exact) mass is 263 g/mol. The summed E-state index contributed by atoms with van der Waals surface area (Å²) < 4.78 is 0. The minimum atomic E-state index is 0.138. The van der Waals surface area contributed by atoms with Crippen LogP contribution in [0.25, 0.3) is 0 Å². The molecule has 1 aromatic rings. The van der Waals surface area contributed by atoms with Gasteiger partial charge in [0.2, 0.25) is 5.95 Å². The van der Waals surface area contributed by atoms with Crippen molar-refractivity contribution in [3.8, 4) is 0 Å². The number of hydrogen-bond acceptors (Lipinski definition) is 4. The lowest BCUT2D eigenvalue weighted by molar-refractivity contribution is 0.154. The molecule has 1 aliphatic heterocycles. The van der Waals surface area contributed by atoms with E-state index in [-0.39, 0.29) is 6.03 Å². The van der Waals surface area contributed by atoms with Gasteiger partial charge in [-0.1, -0.05) is 0 Å². The number of nitrogens with zero attached hydrogens (tertiary/aromatic N) is 5. The van der Waals surface area contributed by atoms with Crippen LogP contribution in [0.15, 0.2) is 18.5 Å². The van der Waals surface area contributed by atoms with Crippen molar-refractivity contribution >= 4 is 12.0 Å². The van der Waals surface area contributed by atoms with Gasteiger partial charge in [-0.3, -0.25) is 0 Å². The van der Waals surface area contributed by atoms with Gasteiger partial charge in [0.1, 0.15) is 0 Å². The summed E-state index contributed by atoms with van der Waals surface area (Å²) in [5, 5.41) is 0.